The molecule has 0 fully saturated rings. The summed E-state index contributed by atoms with van der Waals surface area (Å²) in [6.07, 6.45) is 1.80. The first-order chi connectivity index (χ1) is 17.8. The number of unbranched alkanes of at least 4 members (excludes halogenated alkanes) is 1. The van der Waals surface area contributed by atoms with Crippen LogP contribution < -0.4 is 14.8 Å². The summed E-state index contributed by atoms with van der Waals surface area (Å²) >= 11 is 6.10. The molecule has 194 valence electrons. The number of imidazole rings is 1. The van der Waals surface area contributed by atoms with Crippen LogP contribution in [0.2, 0.25) is 5.02 Å². The fraction of sp³-hybridized carbons (Fsp3) is 0.333. The van der Waals surface area contributed by atoms with Gasteiger partial charge in [0, 0.05) is 11.6 Å². The summed E-state index contributed by atoms with van der Waals surface area (Å²) in [7, 11) is 0. The van der Waals surface area contributed by atoms with Crippen molar-refractivity contribution < 1.29 is 14.3 Å². The highest BCUT2D eigenvalue weighted by molar-refractivity contribution is 6.31. The first kappa shape index (κ1) is 26.6. The van der Waals surface area contributed by atoms with E-state index in [0.717, 1.165) is 69.5 Å². The van der Waals surface area contributed by atoms with Gasteiger partial charge in [0.25, 0.3) is 5.91 Å². The highest BCUT2D eigenvalue weighted by Gasteiger charge is 2.19. The maximum atomic E-state index is 12.7. The van der Waals surface area contributed by atoms with Gasteiger partial charge in [-0.15, -0.1) is 0 Å². The molecule has 3 aromatic carbocycles. The monoisotopic (exact) mass is 519 g/mol. The highest BCUT2D eigenvalue weighted by atomic mass is 35.5. The predicted octanol–water partition coefficient (Wildman–Crippen LogP) is 6.73. The third kappa shape index (κ3) is 6.83. The summed E-state index contributed by atoms with van der Waals surface area (Å²) in [4.78, 5) is 17.5. The largest absolute Gasteiger partial charge is 0.494 e. The molecule has 0 saturated carbocycles. The zero-order valence-corrected chi connectivity index (χ0v) is 22.6. The van der Waals surface area contributed by atoms with Crippen LogP contribution in [0.15, 0.2) is 60.7 Å². The maximum absolute atomic E-state index is 12.7. The Morgan fingerprint density at radius 2 is 1.81 bits per heavy atom. The Bertz CT molecular complexity index is 1380. The summed E-state index contributed by atoms with van der Waals surface area (Å²) in [6, 6.07) is 19.5. The number of hydrogen-bond acceptors (Lipinski definition) is 4. The average Bonchev–Trinajstić information content (AvgIpc) is 3.25. The topological polar surface area (TPSA) is 65.4 Å². The Labute approximate surface area is 223 Å². The molecule has 0 aliphatic rings. The Hall–Kier alpha value is -3.51. The number of rotatable bonds is 11. The number of para-hydroxylation sites is 2. The van der Waals surface area contributed by atoms with Crippen LogP contribution in [0.4, 0.5) is 0 Å². The van der Waals surface area contributed by atoms with Crippen molar-refractivity contribution >= 4 is 28.5 Å². The van der Waals surface area contributed by atoms with Gasteiger partial charge in [0.2, 0.25) is 0 Å². The molecule has 1 amide bonds. The van der Waals surface area contributed by atoms with Gasteiger partial charge in [0.1, 0.15) is 17.3 Å². The van der Waals surface area contributed by atoms with Crippen LogP contribution in [0, 0.1) is 20.8 Å². The number of fused-ring (bicyclic) bond motifs is 1. The lowest BCUT2D eigenvalue weighted by atomic mass is 10.1. The molecule has 0 radical (unpaired) electrons. The SMILES string of the molecule is Cc1ccc(C)c(OCC(=O)NC(C)c2nc3ccccc3n2CCCCOc2ccc(Cl)c(C)c2)c1. The molecule has 0 saturated heterocycles. The molecule has 1 aromatic heterocycles. The minimum atomic E-state index is -0.268. The molecular formula is C30H34ClN3O3. The van der Waals surface area contributed by atoms with Gasteiger partial charge in [-0.05, 0) is 93.6 Å². The third-order valence-corrected chi connectivity index (χ3v) is 6.75. The number of hydrogen-bond donors (Lipinski definition) is 1. The lowest BCUT2D eigenvalue weighted by Crippen LogP contribution is -2.32. The average molecular weight is 520 g/mol. The zero-order valence-electron chi connectivity index (χ0n) is 21.9. The second-order valence-corrected chi connectivity index (χ2v) is 9.83. The molecule has 0 bridgehead atoms. The molecule has 0 aliphatic heterocycles. The molecule has 0 spiro atoms. The molecule has 1 heterocycles. The van der Waals surface area contributed by atoms with E-state index in [9.17, 15) is 4.79 Å². The number of ether oxygens (including phenoxy) is 2. The van der Waals surface area contributed by atoms with E-state index in [0.29, 0.717) is 6.61 Å². The van der Waals surface area contributed by atoms with E-state index in [1.54, 1.807) is 0 Å². The van der Waals surface area contributed by atoms with E-state index >= 15 is 0 Å². The number of aryl methyl sites for hydroxylation is 4. The Morgan fingerprint density at radius 3 is 2.62 bits per heavy atom. The number of carbonyl (C=O) groups is 1. The van der Waals surface area contributed by atoms with Gasteiger partial charge >= 0.3 is 0 Å². The molecule has 37 heavy (non-hydrogen) atoms. The van der Waals surface area contributed by atoms with Gasteiger partial charge in [-0.3, -0.25) is 4.79 Å². The number of nitrogens with one attached hydrogen (secondary N) is 1. The van der Waals surface area contributed by atoms with E-state index in [1.807, 2.05) is 82.3 Å². The molecule has 0 aliphatic carbocycles. The van der Waals surface area contributed by atoms with Gasteiger partial charge in [-0.25, -0.2) is 4.98 Å². The smallest absolute Gasteiger partial charge is 0.258 e. The van der Waals surface area contributed by atoms with E-state index in [2.05, 4.69) is 16.0 Å². The van der Waals surface area contributed by atoms with Crippen molar-refractivity contribution in [3.63, 3.8) is 0 Å². The van der Waals surface area contributed by atoms with Crippen LogP contribution in [0.5, 0.6) is 11.5 Å². The van der Waals surface area contributed by atoms with Crippen molar-refractivity contribution in [1.29, 1.82) is 0 Å². The van der Waals surface area contributed by atoms with E-state index < -0.39 is 0 Å². The Kier molecular flexibility index (Phi) is 8.72. The zero-order chi connectivity index (χ0) is 26.4. The van der Waals surface area contributed by atoms with Crippen LogP contribution >= 0.6 is 11.6 Å². The minimum Gasteiger partial charge on any atom is -0.494 e. The maximum Gasteiger partial charge on any atom is 0.258 e. The number of benzene rings is 3. The summed E-state index contributed by atoms with van der Waals surface area (Å²) in [5.74, 6) is 2.20. The van der Waals surface area contributed by atoms with E-state index in [1.165, 1.54) is 0 Å². The standard InChI is InChI=1S/C30H34ClN3O3/c1-20-11-12-21(2)28(17-20)37-19-29(35)32-23(4)30-33-26-9-5-6-10-27(26)34(30)15-7-8-16-36-24-13-14-25(31)22(3)18-24/h5-6,9-14,17-18,23H,7-8,15-16,19H2,1-4H3,(H,32,35). The van der Waals surface area contributed by atoms with E-state index in [-0.39, 0.29) is 18.6 Å². The minimum absolute atomic E-state index is 0.0453. The molecule has 1 N–H and O–H groups in total. The molecular weight excluding hydrogens is 486 g/mol. The van der Waals surface area contributed by atoms with Gasteiger partial charge in [0.15, 0.2) is 6.61 Å². The summed E-state index contributed by atoms with van der Waals surface area (Å²) in [5, 5.41) is 3.79. The van der Waals surface area contributed by atoms with Gasteiger partial charge in [0.05, 0.1) is 23.7 Å². The number of amides is 1. The predicted molar refractivity (Wildman–Crippen MR) is 149 cm³/mol. The van der Waals surface area contributed by atoms with Crippen LogP contribution in [0.3, 0.4) is 0 Å². The first-order valence-electron chi connectivity index (χ1n) is 12.7. The third-order valence-electron chi connectivity index (χ3n) is 6.33. The van der Waals surface area contributed by atoms with Crippen LogP contribution in [0.1, 0.15) is 48.3 Å². The van der Waals surface area contributed by atoms with Gasteiger partial charge in [-0.2, -0.15) is 0 Å². The molecule has 7 heteroatoms. The van der Waals surface area contributed by atoms with Crippen molar-refractivity contribution in [1.82, 2.24) is 14.9 Å². The van der Waals surface area contributed by atoms with Gasteiger partial charge in [-0.1, -0.05) is 35.9 Å². The fourth-order valence-corrected chi connectivity index (χ4v) is 4.40. The number of halogens is 1. The van der Waals surface area contributed by atoms with E-state index in [4.69, 9.17) is 26.1 Å². The lowest BCUT2D eigenvalue weighted by molar-refractivity contribution is -0.123. The number of aromatic nitrogens is 2. The fourth-order valence-electron chi connectivity index (χ4n) is 4.28. The van der Waals surface area contributed by atoms with Crippen molar-refractivity contribution in [2.75, 3.05) is 13.2 Å². The molecule has 1 unspecified atom stereocenters. The second kappa shape index (κ2) is 12.2. The van der Waals surface area contributed by atoms with Gasteiger partial charge < -0.3 is 19.4 Å². The Morgan fingerprint density at radius 1 is 1.00 bits per heavy atom. The normalized spacial score (nSPS) is 11.9. The highest BCUT2D eigenvalue weighted by Crippen LogP contribution is 2.24. The molecule has 6 nitrogen and oxygen atoms in total. The molecule has 1 atom stereocenters. The first-order valence-corrected chi connectivity index (χ1v) is 13.0. The summed E-state index contributed by atoms with van der Waals surface area (Å²) < 4.78 is 13.9. The summed E-state index contributed by atoms with van der Waals surface area (Å²) in [6.45, 7) is 9.25. The van der Waals surface area contributed by atoms with Crippen LogP contribution in [-0.2, 0) is 11.3 Å². The van der Waals surface area contributed by atoms with Crippen molar-refractivity contribution in [2.24, 2.45) is 0 Å². The number of nitrogens with zero attached hydrogens (tertiary/aromatic N) is 2. The van der Waals surface area contributed by atoms with Crippen LogP contribution in [-0.4, -0.2) is 28.7 Å². The number of carbonyl (C=O) groups excluding carboxylic acids is 1. The quantitative estimate of drug-likeness (QED) is 0.223. The lowest BCUT2D eigenvalue weighted by Gasteiger charge is -2.17. The van der Waals surface area contributed by atoms with Crippen molar-refractivity contribution in [3.8, 4) is 11.5 Å². The molecule has 4 rings (SSSR count). The second-order valence-electron chi connectivity index (χ2n) is 9.42. The Balaban J connectivity index is 1.36. The van der Waals surface area contributed by atoms with Crippen molar-refractivity contribution in [3.05, 3.63) is 88.2 Å². The van der Waals surface area contributed by atoms with Crippen molar-refractivity contribution in [2.45, 2.75) is 53.1 Å². The van der Waals surface area contributed by atoms with Crippen LogP contribution in [0.25, 0.3) is 11.0 Å². The summed E-state index contributed by atoms with van der Waals surface area (Å²) in [5.41, 5.74) is 5.07. The molecule has 4 aromatic rings.